The van der Waals surface area contributed by atoms with Gasteiger partial charge in [-0.3, -0.25) is 4.79 Å². The number of alkyl carbamates (subject to hydrolysis) is 1. The van der Waals surface area contributed by atoms with Gasteiger partial charge < -0.3 is 30.5 Å². The summed E-state index contributed by atoms with van der Waals surface area (Å²) >= 11 is 0. The fourth-order valence-electron chi connectivity index (χ4n) is 6.09. The van der Waals surface area contributed by atoms with Crippen molar-refractivity contribution < 1.29 is 24.5 Å². The molecular formula is C38H51N3O5. The normalized spacial score (nSPS) is 18.0. The number of aryl methyl sites for hydroxylation is 1. The minimum absolute atomic E-state index is 0.105. The maximum absolute atomic E-state index is 14.0. The Bertz CT molecular complexity index is 1400. The number of carbonyl (C=O) groups is 2. The van der Waals surface area contributed by atoms with Crippen LogP contribution in [0.4, 0.5) is 4.79 Å². The van der Waals surface area contributed by atoms with Crippen molar-refractivity contribution in [2.45, 2.75) is 89.2 Å². The van der Waals surface area contributed by atoms with Gasteiger partial charge in [-0.2, -0.15) is 0 Å². The fraction of sp³-hybridized carbons (Fsp3) is 0.474. The molecule has 0 spiro atoms. The second-order valence-corrected chi connectivity index (χ2v) is 13.8. The molecule has 0 saturated carbocycles. The molecule has 0 aromatic heterocycles. The highest BCUT2D eigenvalue weighted by molar-refractivity contribution is 5.80. The number of amides is 2. The van der Waals surface area contributed by atoms with E-state index in [1.165, 1.54) is 5.56 Å². The average molecular weight is 630 g/mol. The smallest absolute Gasteiger partial charge is 0.407 e. The van der Waals surface area contributed by atoms with E-state index in [4.69, 9.17) is 4.74 Å². The van der Waals surface area contributed by atoms with Crippen molar-refractivity contribution >= 4 is 12.0 Å². The molecule has 0 bridgehead atoms. The highest BCUT2D eigenvalue weighted by Gasteiger charge is 2.35. The van der Waals surface area contributed by atoms with Gasteiger partial charge in [0.1, 0.15) is 5.60 Å². The molecule has 248 valence electrons. The van der Waals surface area contributed by atoms with E-state index < -0.39 is 41.9 Å². The van der Waals surface area contributed by atoms with Crippen LogP contribution in [0, 0.1) is 5.92 Å². The van der Waals surface area contributed by atoms with Crippen LogP contribution in [0.1, 0.15) is 67.5 Å². The van der Waals surface area contributed by atoms with Gasteiger partial charge in [-0.1, -0.05) is 78.9 Å². The van der Waals surface area contributed by atoms with Crippen LogP contribution in [0.5, 0.6) is 0 Å². The van der Waals surface area contributed by atoms with Gasteiger partial charge in [0.05, 0.1) is 24.3 Å². The number of nitrogens with one attached hydrogen (secondary N) is 2. The molecule has 0 aliphatic heterocycles. The second-order valence-electron chi connectivity index (χ2n) is 13.8. The van der Waals surface area contributed by atoms with Crippen molar-refractivity contribution in [1.82, 2.24) is 15.5 Å². The van der Waals surface area contributed by atoms with Gasteiger partial charge >= 0.3 is 6.09 Å². The van der Waals surface area contributed by atoms with Gasteiger partial charge in [0.25, 0.3) is 0 Å². The number of ether oxygens (including phenoxy) is 1. The van der Waals surface area contributed by atoms with E-state index in [-0.39, 0.29) is 12.3 Å². The first-order valence-electron chi connectivity index (χ1n) is 16.4. The molecule has 3 aromatic carbocycles. The molecule has 0 radical (unpaired) electrons. The lowest BCUT2D eigenvalue weighted by Gasteiger charge is -2.30. The molecule has 1 aliphatic rings. The molecule has 2 amide bonds. The maximum atomic E-state index is 14.0. The Morgan fingerprint density at radius 1 is 0.913 bits per heavy atom. The van der Waals surface area contributed by atoms with Gasteiger partial charge in [0.15, 0.2) is 0 Å². The first kappa shape index (κ1) is 35.1. The van der Waals surface area contributed by atoms with Gasteiger partial charge in [-0.15, -0.1) is 0 Å². The monoisotopic (exact) mass is 629 g/mol. The maximum Gasteiger partial charge on any atom is 0.407 e. The highest BCUT2D eigenvalue weighted by atomic mass is 16.6. The predicted molar refractivity (Wildman–Crippen MR) is 181 cm³/mol. The van der Waals surface area contributed by atoms with Crippen LogP contribution in [-0.2, 0) is 35.2 Å². The average Bonchev–Trinajstić information content (AvgIpc) is 3.31. The van der Waals surface area contributed by atoms with Gasteiger partial charge in [-0.25, -0.2) is 4.79 Å². The Kier molecular flexibility index (Phi) is 12.4. The predicted octanol–water partition coefficient (Wildman–Crippen LogP) is 5.00. The van der Waals surface area contributed by atoms with Gasteiger partial charge in [0, 0.05) is 12.3 Å². The zero-order valence-electron chi connectivity index (χ0n) is 27.9. The summed E-state index contributed by atoms with van der Waals surface area (Å²) in [5.74, 6) is -0.862. The van der Waals surface area contributed by atoms with E-state index in [1.807, 2.05) is 54.6 Å². The van der Waals surface area contributed by atoms with Gasteiger partial charge in [0.2, 0.25) is 5.91 Å². The van der Waals surface area contributed by atoms with Crippen LogP contribution < -0.4 is 10.6 Å². The van der Waals surface area contributed by atoms with Crippen molar-refractivity contribution in [2.75, 3.05) is 20.6 Å². The first-order chi connectivity index (χ1) is 21.9. The third-order valence-corrected chi connectivity index (χ3v) is 8.44. The number of aliphatic hydroxyl groups is 2. The molecule has 1 aliphatic carbocycles. The van der Waals surface area contributed by atoms with E-state index in [0.29, 0.717) is 19.3 Å². The summed E-state index contributed by atoms with van der Waals surface area (Å²) in [6.45, 7) is 6.38. The zero-order chi connectivity index (χ0) is 33.3. The largest absolute Gasteiger partial charge is 0.444 e. The molecule has 4 N–H and O–H groups in total. The van der Waals surface area contributed by atoms with Crippen molar-refractivity contribution in [3.05, 3.63) is 107 Å². The molecule has 46 heavy (non-hydrogen) atoms. The van der Waals surface area contributed by atoms with Crippen LogP contribution >= 0.6 is 0 Å². The highest BCUT2D eigenvalue weighted by Crippen LogP contribution is 2.32. The fourth-order valence-corrected chi connectivity index (χ4v) is 6.09. The third-order valence-electron chi connectivity index (χ3n) is 8.44. The molecule has 0 heterocycles. The number of hydrogen-bond donors (Lipinski definition) is 4. The van der Waals surface area contributed by atoms with E-state index in [1.54, 1.807) is 20.8 Å². The molecular weight excluding hydrogens is 578 g/mol. The van der Waals surface area contributed by atoms with Crippen LogP contribution in [0.2, 0.25) is 0 Å². The quantitative estimate of drug-likeness (QED) is 0.200. The lowest BCUT2D eigenvalue weighted by molar-refractivity contribution is -0.127. The summed E-state index contributed by atoms with van der Waals surface area (Å²) in [5.41, 5.74) is 4.40. The van der Waals surface area contributed by atoms with Crippen molar-refractivity contribution in [2.24, 2.45) is 5.92 Å². The standard InChI is InChI=1S/C38H51N3O5/c1-38(2,3)46-37(45)39-32(23-27-12-7-6-8-13-27)33(42)25-30(22-28-19-17-26(18-20-28)14-11-21-41(4)5)36(44)40-35-31-16-10-9-15-29(31)24-34(35)43/h6-10,12-13,15-20,30,32-35,42-43H,11,14,21-25H2,1-5H3,(H,39,45)(H,40,44)/t30-,32-,33-,34+,35-/m0/s1. The number of fused-ring (bicyclic) bond motifs is 1. The number of hydrogen-bond acceptors (Lipinski definition) is 6. The minimum atomic E-state index is -1.05. The summed E-state index contributed by atoms with van der Waals surface area (Å²) in [4.78, 5) is 29.0. The second kappa shape index (κ2) is 16.2. The SMILES string of the molecule is CN(C)CCCc1ccc(C[C@@H](C[C@H](O)[C@H](Cc2ccccc2)NC(=O)OC(C)(C)C)C(=O)N[C@H]2c3ccccc3C[C@H]2O)cc1. The molecule has 0 fully saturated rings. The van der Waals surface area contributed by atoms with Crippen LogP contribution in [-0.4, -0.2) is 71.6 Å². The van der Waals surface area contributed by atoms with E-state index in [0.717, 1.165) is 41.6 Å². The zero-order valence-corrected chi connectivity index (χ0v) is 27.9. The Labute approximate surface area is 274 Å². The molecule has 4 rings (SSSR count). The van der Waals surface area contributed by atoms with Gasteiger partial charge in [-0.05, 0) is 101 Å². The van der Waals surface area contributed by atoms with Crippen LogP contribution in [0.3, 0.4) is 0 Å². The van der Waals surface area contributed by atoms with Crippen LogP contribution in [0.15, 0.2) is 78.9 Å². The first-order valence-corrected chi connectivity index (χ1v) is 16.4. The third kappa shape index (κ3) is 10.7. The van der Waals surface area contributed by atoms with Crippen molar-refractivity contribution in [3.8, 4) is 0 Å². The van der Waals surface area contributed by atoms with E-state index in [9.17, 15) is 19.8 Å². The van der Waals surface area contributed by atoms with Crippen molar-refractivity contribution in [1.29, 1.82) is 0 Å². The molecule has 0 unspecified atom stereocenters. The molecule has 8 heteroatoms. The summed E-state index contributed by atoms with van der Waals surface area (Å²) in [7, 11) is 4.14. The number of aliphatic hydroxyl groups excluding tert-OH is 2. The Balaban J connectivity index is 1.55. The Hall–Kier alpha value is -3.72. The molecule has 8 nitrogen and oxygen atoms in total. The summed E-state index contributed by atoms with van der Waals surface area (Å²) < 4.78 is 5.52. The number of rotatable bonds is 14. The molecule has 0 saturated heterocycles. The molecule has 5 atom stereocenters. The topological polar surface area (TPSA) is 111 Å². The summed E-state index contributed by atoms with van der Waals surface area (Å²) in [6.07, 6.45) is 0.977. The van der Waals surface area contributed by atoms with Crippen molar-refractivity contribution in [3.63, 3.8) is 0 Å². The minimum Gasteiger partial charge on any atom is -0.444 e. The number of benzene rings is 3. The Morgan fingerprint density at radius 2 is 1.54 bits per heavy atom. The Morgan fingerprint density at radius 3 is 2.22 bits per heavy atom. The van der Waals surface area contributed by atoms with Crippen LogP contribution in [0.25, 0.3) is 0 Å². The lowest BCUT2D eigenvalue weighted by atomic mass is 9.88. The number of nitrogens with zero attached hydrogens (tertiary/aromatic N) is 1. The lowest BCUT2D eigenvalue weighted by Crippen LogP contribution is -2.48. The van der Waals surface area contributed by atoms with E-state index >= 15 is 0 Å². The van der Waals surface area contributed by atoms with E-state index in [2.05, 4.69) is 53.9 Å². The molecule has 3 aromatic rings. The summed E-state index contributed by atoms with van der Waals surface area (Å²) in [5, 5.41) is 28.5. The summed E-state index contributed by atoms with van der Waals surface area (Å²) in [6, 6.07) is 24.5. The number of carbonyl (C=O) groups excluding carboxylic acids is 2.